The maximum Gasteiger partial charge on any atom is 0.274 e. The molecule has 3 N–H and O–H groups in total. The van der Waals surface area contributed by atoms with Crippen molar-refractivity contribution in [3.63, 3.8) is 0 Å². The fourth-order valence-corrected chi connectivity index (χ4v) is 2.82. The smallest absolute Gasteiger partial charge is 0.274 e. The molecule has 0 bridgehead atoms. The van der Waals surface area contributed by atoms with E-state index in [0.29, 0.717) is 17.7 Å². The van der Waals surface area contributed by atoms with Gasteiger partial charge in [-0.15, -0.1) is 0 Å². The van der Waals surface area contributed by atoms with Gasteiger partial charge in [0, 0.05) is 29.8 Å². The highest BCUT2D eigenvalue weighted by atomic mass is 16.6. The molecule has 1 fully saturated rings. The third-order valence-corrected chi connectivity index (χ3v) is 4.11. The monoisotopic (exact) mass is 291 g/mol. The number of anilines is 1. The number of nitrogens with two attached hydrogens (primary N) is 1. The van der Waals surface area contributed by atoms with Crippen molar-refractivity contribution in [3.8, 4) is 0 Å². The van der Waals surface area contributed by atoms with Gasteiger partial charge in [0.25, 0.3) is 5.69 Å². The Kier molecular flexibility index (Phi) is 4.90. The van der Waals surface area contributed by atoms with Gasteiger partial charge in [-0.2, -0.15) is 0 Å². The molecule has 2 atom stereocenters. The van der Waals surface area contributed by atoms with Crippen LogP contribution in [0.3, 0.4) is 0 Å². The largest absolute Gasteiger partial charge is 0.327 e. The van der Waals surface area contributed by atoms with Crippen LogP contribution in [0.15, 0.2) is 18.2 Å². The highest BCUT2D eigenvalue weighted by Crippen LogP contribution is 2.27. The number of carbonyl (C=O) groups is 1. The Balaban J connectivity index is 1.99. The number of amides is 1. The molecule has 0 saturated heterocycles. The predicted molar refractivity (Wildman–Crippen MR) is 81.0 cm³/mol. The lowest BCUT2D eigenvalue weighted by Gasteiger charge is -2.27. The third-order valence-electron chi connectivity index (χ3n) is 4.11. The highest BCUT2D eigenvalue weighted by Gasteiger charge is 2.24. The van der Waals surface area contributed by atoms with E-state index in [0.717, 1.165) is 25.7 Å². The van der Waals surface area contributed by atoms with Crippen LogP contribution in [0.5, 0.6) is 0 Å². The minimum absolute atomic E-state index is 0.0159. The third kappa shape index (κ3) is 4.01. The molecule has 0 aromatic heterocycles. The van der Waals surface area contributed by atoms with E-state index in [1.54, 1.807) is 19.1 Å². The molecule has 1 aromatic carbocycles. The van der Waals surface area contributed by atoms with Crippen LogP contribution in [-0.4, -0.2) is 16.9 Å². The van der Waals surface area contributed by atoms with E-state index >= 15 is 0 Å². The van der Waals surface area contributed by atoms with Crippen molar-refractivity contribution in [2.75, 3.05) is 5.32 Å². The predicted octanol–water partition coefficient (Wildman–Crippen LogP) is 2.75. The molecule has 1 aromatic rings. The van der Waals surface area contributed by atoms with Crippen LogP contribution >= 0.6 is 0 Å². The van der Waals surface area contributed by atoms with E-state index in [1.807, 2.05) is 0 Å². The molecule has 1 saturated carbocycles. The van der Waals surface area contributed by atoms with Gasteiger partial charge in [0.15, 0.2) is 0 Å². The molecule has 0 spiro atoms. The first kappa shape index (κ1) is 15.4. The molecular weight excluding hydrogens is 270 g/mol. The molecule has 6 nitrogen and oxygen atoms in total. The van der Waals surface area contributed by atoms with Gasteiger partial charge in [0.2, 0.25) is 5.91 Å². The van der Waals surface area contributed by atoms with Crippen LogP contribution < -0.4 is 11.1 Å². The molecule has 0 radical (unpaired) electrons. The van der Waals surface area contributed by atoms with Crippen molar-refractivity contribution in [2.24, 2.45) is 11.7 Å². The van der Waals surface area contributed by atoms with Gasteiger partial charge in [-0.3, -0.25) is 14.9 Å². The molecule has 2 rings (SSSR count). The van der Waals surface area contributed by atoms with Crippen LogP contribution in [0.1, 0.15) is 37.7 Å². The van der Waals surface area contributed by atoms with Crippen LogP contribution in [0.2, 0.25) is 0 Å². The quantitative estimate of drug-likeness (QED) is 0.658. The number of hydrogen-bond acceptors (Lipinski definition) is 4. The molecular formula is C15H21N3O3. The standard InChI is InChI=1S/C15H21N3O3/c1-10-6-7-12(9-14(10)18(20)21)17-15(19)8-11-4-2-3-5-13(11)16/h6-7,9,11,13H,2-5,8,16H2,1H3,(H,17,19). The lowest BCUT2D eigenvalue weighted by molar-refractivity contribution is -0.385. The van der Waals surface area contributed by atoms with Crippen molar-refractivity contribution in [2.45, 2.75) is 45.1 Å². The van der Waals surface area contributed by atoms with E-state index in [2.05, 4.69) is 5.32 Å². The molecule has 114 valence electrons. The first-order chi connectivity index (χ1) is 9.97. The van der Waals surface area contributed by atoms with Gasteiger partial charge in [0.1, 0.15) is 0 Å². The molecule has 1 aliphatic rings. The number of nitrogens with one attached hydrogen (secondary N) is 1. The van der Waals surface area contributed by atoms with Gasteiger partial charge >= 0.3 is 0 Å². The summed E-state index contributed by atoms with van der Waals surface area (Å²) in [5, 5.41) is 13.6. The Morgan fingerprint density at radius 2 is 2.14 bits per heavy atom. The number of nitrogens with zero attached hydrogens (tertiary/aromatic N) is 1. The summed E-state index contributed by atoms with van der Waals surface area (Å²) in [6, 6.07) is 4.80. The number of benzene rings is 1. The van der Waals surface area contributed by atoms with Crippen molar-refractivity contribution >= 4 is 17.3 Å². The maximum absolute atomic E-state index is 12.1. The van der Waals surface area contributed by atoms with Gasteiger partial charge in [-0.05, 0) is 31.7 Å². The van der Waals surface area contributed by atoms with Crippen molar-refractivity contribution in [1.29, 1.82) is 0 Å². The normalized spacial score (nSPS) is 21.8. The molecule has 1 amide bonds. The maximum atomic E-state index is 12.1. The fourth-order valence-electron chi connectivity index (χ4n) is 2.82. The molecule has 2 unspecified atom stereocenters. The lowest BCUT2D eigenvalue weighted by Crippen LogP contribution is -2.35. The van der Waals surface area contributed by atoms with Gasteiger partial charge < -0.3 is 11.1 Å². The van der Waals surface area contributed by atoms with E-state index in [-0.39, 0.29) is 23.6 Å². The minimum Gasteiger partial charge on any atom is -0.327 e. The van der Waals surface area contributed by atoms with Crippen molar-refractivity contribution in [3.05, 3.63) is 33.9 Å². The Morgan fingerprint density at radius 3 is 2.81 bits per heavy atom. The van der Waals surface area contributed by atoms with E-state index in [1.165, 1.54) is 6.07 Å². The lowest BCUT2D eigenvalue weighted by atomic mass is 9.83. The molecule has 21 heavy (non-hydrogen) atoms. The number of rotatable bonds is 4. The molecule has 0 heterocycles. The van der Waals surface area contributed by atoms with Crippen LogP contribution in [-0.2, 0) is 4.79 Å². The number of hydrogen-bond donors (Lipinski definition) is 2. The summed E-state index contributed by atoms with van der Waals surface area (Å²) in [5.74, 6) is 0.0784. The van der Waals surface area contributed by atoms with Crippen molar-refractivity contribution < 1.29 is 9.72 Å². The molecule has 6 heteroatoms. The Labute approximate surface area is 123 Å². The zero-order valence-electron chi connectivity index (χ0n) is 12.2. The Bertz CT molecular complexity index is 545. The van der Waals surface area contributed by atoms with Gasteiger partial charge in [-0.25, -0.2) is 0 Å². The second-order valence-electron chi connectivity index (χ2n) is 5.72. The molecule has 0 aliphatic heterocycles. The second-order valence-corrected chi connectivity index (χ2v) is 5.72. The van der Waals surface area contributed by atoms with Crippen molar-refractivity contribution in [1.82, 2.24) is 0 Å². The molecule has 1 aliphatic carbocycles. The van der Waals surface area contributed by atoms with E-state index in [9.17, 15) is 14.9 Å². The number of aryl methyl sites for hydroxylation is 1. The number of nitro benzene ring substituents is 1. The Morgan fingerprint density at radius 1 is 1.43 bits per heavy atom. The summed E-state index contributed by atoms with van der Waals surface area (Å²) in [6.45, 7) is 1.67. The summed E-state index contributed by atoms with van der Waals surface area (Å²) in [5.41, 5.74) is 7.09. The van der Waals surface area contributed by atoms with E-state index < -0.39 is 4.92 Å². The van der Waals surface area contributed by atoms with Crippen LogP contribution in [0.25, 0.3) is 0 Å². The average molecular weight is 291 g/mol. The fraction of sp³-hybridized carbons (Fsp3) is 0.533. The first-order valence-electron chi connectivity index (χ1n) is 7.28. The van der Waals surface area contributed by atoms with Gasteiger partial charge in [-0.1, -0.05) is 18.9 Å². The Hall–Kier alpha value is -1.95. The zero-order chi connectivity index (χ0) is 15.4. The van der Waals surface area contributed by atoms with Crippen LogP contribution in [0, 0.1) is 23.0 Å². The summed E-state index contributed by atoms with van der Waals surface area (Å²) < 4.78 is 0. The zero-order valence-corrected chi connectivity index (χ0v) is 12.2. The SMILES string of the molecule is Cc1ccc(NC(=O)CC2CCCCC2N)cc1[N+](=O)[O-]. The summed E-state index contributed by atoms with van der Waals surface area (Å²) in [4.78, 5) is 22.5. The van der Waals surface area contributed by atoms with Gasteiger partial charge in [0.05, 0.1) is 4.92 Å². The number of nitro groups is 1. The van der Waals surface area contributed by atoms with Crippen LogP contribution in [0.4, 0.5) is 11.4 Å². The number of carbonyl (C=O) groups excluding carboxylic acids is 1. The second kappa shape index (κ2) is 6.67. The highest BCUT2D eigenvalue weighted by molar-refractivity contribution is 5.91. The topological polar surface area (TPSA) is 98.3 Å². The summed E-state index contributed by atoms with van der Waals surface area (Å²) in [7, 11) is 0. The average Bonchev–Trinajstić information content (AvgIpc) is 2.43. The first-order valence-corrected chi connectivity index (χ1v) is 7.28. The minimum atomic E-state index is -0.442. The van der Waals surface area contributed by atoms with E-state index in [4.69, 9.17) is 5.73 Å². The summed E-state index contributed by atoms with van der Waals surface area (Å²) >= 11 is 0. The summed E-state index contributed by atoms with van der Waals surface area (Å²) in [6.07, 6.45) is 4.56.